The first kappa shape index (κ1) is 18.3. The number of imidazole rings is 1. The first-order valence-electron chi connectivity index (χ1n) is 7.64. The highest BCUT2D eigenvalue weighted by molar-refractivity contribution is 6.40. The number of rotatable bonds is 4. The summed E-state index contributed by atoms with van der Waals surface area (Å²) in [4.78, 5) is 0. The Morgan fingerprint density at radius 1 is 1.04 bits per heavy atom. The Labute approximate surface area is 157 Å². The maximum Gasteiger partial charge on any atom is 0.260 e. The third-order valence-corrected chi connectivity index (χ3v) is 4.81. The summed E-state index contributed by atoms with van der Waals surface area (Å²) in [7, 11) is 0. The Morgan fingerprint density at radius 2 is 1.78 bits per heavy atom. The normalized spacial score (nSPS) is 10.8. The van der Waals surface area contributed by atoms with Gasteiger partial charge in [-0.05, 0) is 47.0 Å². The van der Waals surface area contributed by atoms with E-state index in [9.17, 15) is 0 Å². The van der Waals surface area contributed by atoms with Crippen molar-refractivity contribution < 1.29 is 21.5 Å². The van der Waals surface area contributed by atoms with Crippen molar-refractivity contribution in [3.05, 3.63) is 58.6 Å². The summed E-state index contributed by atoms with van der Waals surface area (Å²) >= 11 is 12.9. The highest BCUT2D eigenvalue weighted by atomic mass is 79.9. The minimum atomic E-state index is 0. The van der Waals surface area contributed by atoms with Gasteiger partial charge in [0.25, 0.3) is 16.6 Å². The van der Waals surface area contributed by atoms with E-state index in [1.807, 2.05) is 15.5 Å². The number of aromatic nitrogens is 2. The lowest BCUT2D eigenvalue weighted by Crippen LogP contribution is -3.00. The summed E-state index contributed by atoms with van der Waals surface area (Å²) < 4.78 is 4.02. The molecule has 0 N–H and O–H groups in total. The van der Waals surface area contributed by atoms with Gasteiger partial charge in [-0.25, -0.2) is 4.57 Å². The molecule has 0 aliphatic carbocycles. The minimum Gasteiger partial charge on any atom is -1.00 e. The fourth-order valence-corrected chi connectivity index (χ4v) is 3.34. The van der Waals surface area contributed by atoms with Crippen LogP contribution in [-0.2, 0) is 13.0 Å². The topological polar surface area (TPSA) is 8.81 Å². The third-order valence-electron chi connectivity index (χ3n) is 3.96. The summed E-state index contributed by atoms with van der Waals surface area (Å²) in [6.45, 7) is 5.15. The molecular weight excluding hydrogens is 395 g/mol. The van der Waals surface area contributed by atoms with E-state index in [0.29, 0.717) is 10.3 Å². The van der Waals surface area contributed by atoms with E-state index in [0.717, 1.165) is 25.1 Å². The fraction of sp³-hybridized carbons (Fsp3) is 0.278. The van der Waals surface area contributed by atoms with Crippen molar-refractivity contribution in [1.82, 2.24) is 4.57 Å². The van der Waals surface area contributed by atoms with Gasteiger partial charge < -0.3 is 17.0 Å². The Balaban J connectivity index is 0.00000192. The summed E-state index contributed by atoms with van der Waals surface area (Å²) in [5.74, 6) is 0. The van der Waals surface area contributed by atoms with Crippen molar-refractivity contribution >= 4 is 34.0 Å². The second kappa shape index (κ2) is 7.69. The van der Waals surface area contributed by atoms with E-state index in [2.05, 4.69) is 50.2 Å². The minimum absolute atomic E-state index is 0. The predicted molar refractivity (Wildman–Crippen MR) is 93.2 cm³/mol. The zero-order chi connectivity index (χ0) is 15.7. The van der Waals surface area contributed by atoms with E-state index < -0.39 is 0 Å². The Bertz CT molecular complexity index is 827. The molecule has 0 amide bonds. The third kappa shape index (κ3) is 3.28. The predicted octanol–water partition coefficient (Wildman–Crippen LogP) is 2.20. The zero-order valence-corrected chi connectivity index (χ0v) is 16.3. The molecule has 0 saturated carbocycles. The van der Waals surface area contributed by atoms with Gasteiger partial charge in [0.2, 0.25) is 0 Å². The highest BCUT2D eigenvalue weighted by Crippen LogP contribution is 2.31. The fourth-order valence-electron chi connectivity index (χ4n) is 2.88. The van der Waals surface area contributed by atoms with Gasteiger partial charge in [-0.2, -0.15) is 4.57 Å². The molecule has 3 rings (SSSR count). The Kier molecular flexibility index (Phi) is 6.12. The van der Waals surface area contributed by atoms with Crippen LogP contribution in [0.4, 0.5) is 0 Å². The number of nitrogens with zero attached hydrogens (tertiary/aromatic N) is 2. The van der Waals surface area contributed by atoms with Crippen LogP contribution in [0.1, 0.15) is 25.8 Å². The number of hydrogen-bond acceptors (Lipinski definition) is 0. The van der Waals surface area contributed by atoms with Crippen LogP contribution in [0.15, 0.2) is 42.7 Å². The van der Waals surface area contributed by atoms with E-state index in [1.54, 1.807) is 0 Å². The number of aryl methyl sites for hydroxylation is 2. The maximum absolute atomic E-state index is 6.52. The molecule has 2 nitrogen and oxygen atoms in total. The van der Waals surface area contributed by atoms with Crippen LogP contribution in [0.5, 0.6) is 0 Å². The smallest absolute Gasteiger partial charge is 0.260 e. The molecule has 1 aromatic heterocycles. The SMILES string of the molecule is CCC[n+]1cn(-c2c(CC)ccc3ccccc23)c(Cl)c1Cl.[Br-]. The molecular formula is C18H19BrCl2N2. The van der Waals surface area contributed by atoms with Crippen molar-refractivity contribution in [1.29, 1.82) is 0 Å². The van der Waals surface area contributed by atoms with E-state index in [1.165, 1.54) is 16.3 Å². The van der Waals surface area contributed by atoms with Crippen LogP contribution in [0.2, 0.25) is 10.3 Å². The molecule has 122 valence electrons. The van der Waals surface area contributed by atoms with Crippen LogP contribution in [0.3, 0.4) is 0 Å². The lowest BCUT2D eigenvalue weighted by Gasteiger charge is -2.09. The van der Waals surface area contributed by atoms with Crippen LogP contribution in [-0.4, -0.2) is 4.57 Å². The summed E-state index contributed by atoms with van der Waals surface area (Å²) in [5.41, 5.74) is 2.39. The van der Waals surface area contributed by atoms with Crippen molar-refractivity contribution in [2.45, 2.75) is 33.2 Å². The molecule has 3 aromatic rings. The molecule has 0 aliphatic rings. The molecule has 1 heterocycles. The standard InChI is InChI=1S/C18H19Cl2N2.BrH/c1-3-11-21-12-22(18(20)17(21)19)16-13(4-2)9-10-14-7-5-6-8-15(14)16;/h5-10,12H,3-4,11H2,1-2H3;1H/q+1;/p-1. The van der Waals surface area contributed by atoms with E-state index in [-0.39, 0.29) is 17.0 Å². The van der Waals surface area contributed by atoms with E-state index >= 15 is 0 Å². The van der Waals surface area contributed by atoms with Crippen molar-refractivity contribution in [2.24, 2.45) is 0 Å². The van der Waals surface area contributed by atoms with Crippen LogP contribution in [0.25, 0.3) is 16.5 Å². The van der Waals surface area contributed by atoms with Gasteiger partial charge in [0.05, 0.1) is 6.54 Å². The first-order chi connectivity index (χ1) is 10.7. The molecule has 0 radical (unpaired) electrons. The second-order valence-electron chi connectivity index (χ2n) is 5.41. The average molecular weight is 414 g/mol. The molecule has 0 fully saturated rings. The molecule has 2 aromatic carbocycles. The van der Waals surface area contributed by atoms with Crippen molar-refractivity contribution in [2.75, 3.05) is 0 Å². The molecule has 5 heteroatoms. The summed E-state index contributed by atoms with van der Waals surface area (Å²) in [6.07, 6.45) is 3.97. The molecule has 0 atom stereocenters. The van der Waals surface area contributed by atoms with Gasteiger partial charge in [0.1, 0.15) is 5.69 Å². The maximum atomic E-state index is 6.52. The quantitative estimate of drug-likeness (QED) is 0.580. The van der Waals surface area contributed by atoms with Gasteiger partial charge in [0.15, 0.2) is 0 Å². The lowest BCUT2D eigenvalue weighted by molar-refractivity contribution is -0.694. The largest absolute Gasteiger partial charge is 1.00 e. The van der Waals surface area contributed by atoms with Gasteiger partial charge in [-0.15, -0.1) is 0 Å². The monoisotopic (exact) mass is 412 g/mol. The van der Waals surface area contributed by atoms with Gasteiger partial charge in [-0.1, -0.05) is 50.2 Å². The highest BCUT2D eigenvalue weighted by Gasteiger charge is 2.24. The zero-order valence-electron chi connectivity index (χ0n) is 13.2. The number of benzene rings is 2. The summed E-state index contributed by atoms with van der Waals surface area (Å²) in [6, 6.07) is 12.7. The first-order valence-corrected chi connectivity index (χ1v) is 8.39. The molecule has 0 spiro atoms. The molecule has 0 unspecified atom stereocenters. The van der Waals surface area contributed by atoms with E-state index in [4.69, 9.17) is 23.2 Å². The molecule has 23 heavy (non-hydrogen) atoms. The average Bonchev–Trinajstić information content (AvgIpc) is 2.82. The second-order valence-corrected chi connectivity index (χ2v) is 6.12. The molecule has 0 aliphatic heterocycles. The van der Waals surface area contributed by atoms with Crippen LogP contribution < -0.4 is 21.5 Å². The number of halogens is 3. The van der Waals surface area contributed by atoms with Gasteiger partial charge in [0, 0.05) is 5.39 Å². The summed E-state index contributed by atoms with van der Waals surface area (Å²) in [5, 5.41) is 3.57. The van der Waals surface area contributed by atoms with Crippen molar-refractivity contribution in [3.63, 3.8) is 0 Å². The Morgan fingerprint density at radius 3 is 2.48 bits per heavy atom. The molecule has 0 bridgehead atoms. The Hall–Kier alpha value is -1.03. The van der Waals surface area contributed by atoms with Crippen LogP contribution in [0, 0.1) is 0 Å². The van der Waals surface area contributed by atoms with Crippen LogP contribution >= 0.6 is 23.2 Å². The molecule has 0 saturated heterocycles. The van der Waals surface area contributed by atoms with Crippen molar-refractivity contribution in [3.8, 4) is 5.69 Å². The lowest BCUT2D eigenvalue weighted by atomic mass is 10.0. The number of fused-ring (bicyclic) bond motifs is 1. The van der Waals surface area contributed by atoms with Gasteiger partial charge >= 0.3 is 0 Å². The number of hydrogen-bond donors (Lipinski definition) is 0. The van der Waals surface area contributed by atoms with Gasteiger partial charge in [-0.3, -0.25) is 0 Å².